The zero-order valence-electron chi connectivity index (χ0n) is 17.7. The first-order valence-electron chi connectivity index (χ1n) is 10.1. The van der Waals surface area contributed by atoms with E-state index in [0.29, 0.717) is 37.8 Å². The van der Waals surface area contributed by atoms with E-state index in [1.54, 1.807) is 18.3 Å². The van der Waals surface area contributed by atoms with Gasteiger partial charge in [-0.1, -0.05) is 24.3 Å². The van der Waals surface area contributed by atoms with Gasteiger partial charge < -0.3 is 25.0 Å². The third kappa shape index (κ3) is 8.01. The van der Waals surface area contributed by atoms with E-state index in [1.165, 1.54) is 12.1 Å². The molecule has 0 spiro atoms. The summed E-state index contributed by atoms with van der Waals surface area (Å²) in [4.78, 5) is 11.1. The molecule has 1 fully saturated rings. The fraction of sp³-hybridized carbons (Fsp3) is 0.429. The molecule has 0 saturated carbocycles. The van der Waals surface area contributed by atoms with Crippen molar-refractivity contribution in [2.75, 3.05) is 37.7 Å². The van der Waals surface area contributed by atoms with Crippen LogP contribution in [-0.2, 0) is 17.8 Å². The van der Waals surface area contributed by atoms with Crippen LogP contribution in [0.1, 0.15) is 18.1 Å². The van der Waals surface area contributed by atoms with Crippen molar-refractivity contribution < 1.29 is 22.6 Å². The number of halogens is 4. The first-order chi connectivity index (χ1) is 15.0. The van der Waals surface area contributed by atoms with E-state index in [2.05, 4.69) is 30.2 Å². The van der Waals surface area contributed by atoms with Crippen LogP contribution < -0.4 is 20.3 Å². The number of morpholine rings is 1. The summed E-state index contributed by atoms with van der Waals surface area (Å²) in [5.74, 6) is 1.12. The van der Waals surface area contributed by atoms with Crippen LogP contribution in [0.25, 0.3) is 0 Å². The van der Waals surface area contributed by atoms with Gasteiger partial charge in [-0.25, -0.2) is 9.98 Å². The van der Waals surface area contributed by atoms with E-state index in [-0.39, 0.29) is 36.3 Å². The van der Waals surface area contributed by atoms with Crippen LogP contribution in [0.3, 0.4) is 0 Å². The average molecular weight is 565 g/mol. The number of anilines is 1. The zero-order valence-corrected chi connectivity index (χ0v) is 20.0. The van der Waals surface area contributed by atoms with Crippen molar-refractivity contribution in [2.24, 2.45) is 4.99 Å². The minimum Gasteiger partial charge on any atom is -0.405 e. The highest BCUT2D eigenvalue weighted by atomic mass is 127. The number of nitrogens with zero attached hydrogens (tertiary/aromatic N) is 3. The molecule has 0 amide bonds. The Bertz CT molecular complexity index is 877. The fourth-order valence-electron chi connectivity index (χ4n) is 3.17. The topological polar surface area (TPSA) is 71.0 Å². The lowest BCUT2D eigenvalue weighted by Crippen LogP contribution is -2.39. The van der Waals surface area contributed by atoms with Gasteiger partial charge in [-0.2, -0.15) is 0 Å². The van der Waals surface area contributed by atoms with Crippen molar-refractivity contribution in [1.82, 2.24) is 15.6 Å². The number of pyridine rings is 1. The van der Waals surface area contributed by atoms with Crippen LogP contribution in [0.15, 0.2) is 47.6 Å². The summed E-state index contributed by atoms with van der Waals surface area (Å²) in [7, 11) is 0. The van der Waals surface area contributed by atoms with Crippen molar-refractivity contribution in [3.05, 3.63) is 53.7 Å². The number of hydrogen-bond donors (Lipinski definition) is 2. The lowest BCUT2D eigenvalue weighted by molar-refractivity contribution is -0.274. The third-order valence-electron chi connectivity index (χ3n) is 4.57. The zero-order chi connectivity index (χ0) is 22.1. The minimum absolute atomic E-state index is 0. The van der Waals surface area contributed by atoms with Crippen LogP contribution in [0.2, 0.25) is 0 Å². The van der Waals surface area contributed by atoms with Gasteiger partial charge in [-0.3, -0.25) is 0 Å². The number of alkyl halides is 3. The molecule has 0 unspecified atom stereocenters. The summed E-state index contributed by atoms with van der Waals surface area (Å²) >= 11 is 0. The summed E-state index contributed by atoms with van der Waals surface area (Å²) in [6.45, 7) is 5.89. The molecule has 32 heavy (non-hydrogen) atoms. The lowest BCUT2D eigenvalue weighted by Gasteiger charge is -2.29. The number of hydrogen-bond acceptors (Lipinski definition) is 5. The predicted molar refractivity (Wildman–Crippen MR) is 127 cm³/mol. The lowest BCUT2D eigenvalue weighted by atomic mass is 10.2. The highest BCUT2D eigenvalue weighted by Gasteiger charge is 2.31. The molecule has 1 aromatic carbocycles. The fourth-order valence-corrected chi connectivity index (χ4v) is 3.17. The van der Waals surface area contributed by atoms with Gasteiger partial charge >= 0.3 is 6.36 Å². The van der Waals surface area contributed by atoms with Crippen molar-refractivity contribution in [3.63, 3.8) is 0 Å². The van der Waals surface area contributed by atoms with Gasteiger partial charge in [-0.05, 0) is 19.1 Å². The molecular weight excluding hydrogens is 538 g/mol. The monoisotopic (exact) mass is 565 g/mol. The summed E-state index contributed by atoms with van der Waals surface area (Å²) in [5, 5.41) is 6.34. The number of guanidine groups is 1. The van der Waals surface area contributed by atoms with E-state index >= 15 is 0 Å². The summed E-state index contributed by atoms with van der Waals surface area (Å²) in [6, 6.07) is 9.84. The maximum absolute atomic E-state index is 12.6. The highest BCUT2D eigenvalue weighted by Crippen LogP contribution is 2.26. The van der Waals surface area contributed by atoms with Crippen LogP contribution >= 0.6 is 24.0 Å². The Balaban J connectivity index is 0.00000363. The number of ether oxygens (including phenoxy) is 2. The van der Waals surface area contributed by atoms with Gasteiger partial charge in [0.25, 0.3) is 0 Å². The predicted octanol–water partition coefficient (Wildman–Crippen LogP) is 3.69. The largest absolute Gasteiger partial charge is 0.573 e. The molecule has 0 bridgehead atoms. The van der Waals surface area contributed by atoms with E-state index in [0.717, 1.165) is 24.5 Å². The van der Waals surface area contributed by atoms with Gasteiger partial charge in [-0.15, -0.1) is 37.1 Å². The molecule has 0 atom stereocenters. The first kappa shape index (κ1) is 26.0. The molecule has 0 radical (unpaired) electrons. The third-order valence-corrected chi connectivity index (χ3v) is 4.57. The molecule has 2 N–H and O–H groups in total. The van der Waals surface area contributed by atoms with Gasteiger partial charge in [0.05, 0.1) is 19.8 Å². The van der Waals surface area contributed by atoms with Crippen LogP contribution in [0, 0.1) is 0 Å². The smallest absolute Gasteiger partial charge is 0.405 e. The summed E-state index contributed by atoms with van der Waals surface area (Å²) in [5.41, 5.74) is 1.34. The van der Waals surface area contributed by atoms with Gasteiger partial charge in [0.1, 0.15) is 11.6 Å². The second kappa shape index (κ2) is 12.7. The Morgan fingerprint density at radius 1 is 1.12 bits per heavy atom. The molecule has 1 aliphatic rings. The number of para-hydroxylation sites is 1. The van der Waals surface area contributed by atoms with Crippen molar-refractivity contribution in [3.8, 4) is 5.75 Å². The van der Waals surface area contributed by atoms with Crippen LogP contribution in [0.5, 0.6) is 5.75 Å². The van der Waals surface area contributed by atoms with Gasteiger partial charge in [0, 0.05) is 43.5 Å². The number of nitrogens with one attached hydrogen (secondary N) is 2. The normalized spacial score (nSPS) is 14.5. The maximum Gasteiger partial charge on any atom is 0.573 e. The Hall–Kier alpha value is -2.28. The Kier molecular flexibility index (Phi) is 10.3. The molecule has 0 aliphatic carbocycles. The highest BCUT2D eigenvalue weighted by molar-refractivity contribution is 14.0. The van der Waals surface area contributed by atoms with E-state index in [1.807, 2.05) is 19.1 Å². The van der Waals surface area contributed by atoms with E-state index in [4.69, 9.17) is 4.74 Å². The molecule has 11 heteroatoms. The molecular formula is C21H27F3IN5O2. The molecule has 7 nitrogen and oxygen atoms in total. The van der Waals surface area contributed by atoms with Gasteiger partial charge in [0.2, 0.25) is 0 Å². The second-order valence-corrected chi connectivity index (χ2v) is 6.79. The molecule has 2 aromatic rings. The van der Waals surface area contributed by atoms with Crippen molar-refractivity contribution in [2.45, 2.75) is 26.4 Å². The number of aromatic nitrogens is 1. The summed E-state index contributed by atoms with van der Waals surface area (Å²) < 4.78 is 47.4. The molecule has 1 aromatic heterocycles. The van der Waals surface area contributed by atoms with Gasteiger partial charge in [0.15, 0.2) is 5.96 Å². The minimum atomic E-state index is -4.75. The Morgan fingerprint density at radius 3 is 2.56 bits per heavy atom. The van der Waals surface area contributed by atoms with E-state index in [9.17, 15) is 13.2 Å². The molecule has 3 rings (SSSR count). The second-order valence-electron chi connectivity index (χ2n) is 6.79. The Morgan fingerprint density at radius 2 is 1.84 bits per heavy atom. The van der Waals surface area contributed by atoms with Crippen LogP contribution in [-0.4, -0.2) is 50.2 Å². The quantitative estimate of drug-likeness (QED) is 0.304. The molecule has 1 saturated heterocycles. The SMILES string of the molecule is CCNC(=NCc1ccccc1OC(F)(F)F)NCc1cccnc1N1CCOCC1.I. The molecule has 2 heterocycles. The number of benzene rings is 1. The first-order valence-corrected chi connectivity index (χ1v) is 10.1. The maximum atomic E-state index is 12.6. The van der Waals surface area contributed by atoms with E-state index < -0.39 is 6.36 Å². The standard InChI is InChI=1S/C21H26F3N5O2.HI/c1-2-25-20(27-14-16-6-3-4-8-18(16)31-21(22,23)24)28-15-17-7-5-9-26-19(17)29-10-12-30-13-11-29;/h3-9H,2,10-15H2,1H3,(H2,25,27,28);1H. The van der Waals surface area contributed by atoms with Crippen LogP contribution in [0.4, 0.5) is 19.0 Å². The number of aliphatic imine (C=N–C) groups is 1. The molecule has 1 aliphatic heterocycles. The number of rotatable bonds is 7. The van der Waals surface area contributed by atoms with Crippen molar-refractivity contribution in [1.29, 1.82) is 0 Å². The summed E-state index contributed by atoms with van der Waals surface area (Å²) in [6.07, 6.45) is -3.00. The van der Waals surface area contributed by atoms with Crippen molar-refractivity contribution >= 4 is 35.8 Å². The molecule has 176 valence electrons. The average Bonchev–Trinajstić information content (AvgIpc) is 2.76. The Labute approximate surface area is 202 Å².